The van der Waals surface area contributed by atoms with Gasteiger partial charge in [-0.05, 0) is 18.8 Å². The zero-order valence-corrected chi connectivity index (χ0v) is 19.8. The number of amides is 3. The maximum atomic E-state index is 13.7. The van der Waals surface area contributed by atoms with Crippen LogP contribution in [0.2, 0.25) is 0 Å². The number of ether oxygens (including phenoxy) is 1. The van der Waals surface area contributed by atoms with Crippen LogP contribution in [0, 0.1) is 17.8 Å². The van der Waals surface area contributed by atoms with Gasteiger partial charge in [0.2, 0.25) is 17.7 Å². The van der Waals surface area contributed by atoms with E-state index in [2.05, 4.69) is 33.5 Å². The molecule has 3 aliphatic heterocycles. The first-order chi connectivity index (χ1) is 14.2. The molecule has 30 heavy (non-hydrogen) atoms. The first kappa shape index (κ1) is 23.5. The van der Waals surface area contributed by atoms with E-state index in [1.807, 2.05) is 13.8 Å². The number of nitrogens with zero attached hydrogens (tertiary/aromatic N) is 1. The van der Waals surface area contributed by atoms with Crippen LogP contribution in [-0.4, -0.2) is 76.5 Å². The molecule has 3 heterocycles. The molecule has 0 aromatic rings. The maximum absolute atomic E-state index is 13.7. The summed E-state index contributed by atoms with van der Waals surface area (Å²) in [5.74, 6) is -2.23. The number of alkyl halides is 1. The lowest BCUT2D eigenvalue weighted by Gasteiger charge is -2.38. The van der Waals surface area contributed by atoms with Crippen molar-refractivity contribution in [3.63, 3.8) is 0 Å². The Labute approximate surface area is 186 Å². The van der Waals surface area contributed by atoms with Crippen LogP contribution in [0.4, 0.5) is 0 Å². The van der Waals surface area contributed by atoms with E-state index in [1.165, 1.54) is 4.90 Å². The lowest BCUT2D eigenvalue weighted by atomic mass is 9.70. The molecule has 0 aliphatic carbocycles. The van der Waals surface area contributed by atoms with Gasteiger partial charge in [-0.25, -0.2) is 0 Å². The number of fused-ring (bicyclic) bond motifs is 1. The molecule has 2 bridgehead atoms. The molecule has 9 heteroatoms. The number of halogens is 1. The molecule has 3 rings (SSSR count). The molecule has 0 aromatic heterocycles. The van der Waals surface area contributed by atoms with Gasteiger partial charge in [0.1, 0.15) is 11.6 Å². The van der Waals surface area contributed by atoms with E-state index in [1.54, 1.807) is 7.05 Å². The number of unbranched alkanes of at least 4 members (excludes halogenated alkanes) is 2. The number of likely N-dealkylation sites (tertiary alicyclic amines) is 1. The van der Waals surface area contributed by atoms with Crippen LogP contribution in [0.1, 0.15) is 46.5 Å². The van der Waals surface area contributed by atoms with E-state index < -0.39 is 35.6 Å². The van der Waals surface area contributed by atoms with Crippen LogP contribution in [-0.2, 0) is 19.1 Å². The first-order valence-electron chi connectivity index (χ1n) is 11.0. The second-order valence-electron chi connectivity index (χ2n) is 9.02. The molecule has 170 valence electrons. The Bertz CT molecular complexity index is 690. The van der Waals surface area contributed by atoms with Crippen molar-refractivity contribution in [1.82, 2.24) is 15.5 Å². The summed E-state index contributed by atoms with van der Waals surface area (Å²) >= 11 is 3.62. The summed E-state index contributed by atoms with van der Waals surface area (Å²) in [5, 5.41) is 15.7. The molecule has 3 amide bonds. The van der Waals surface area contributed by atoms with Crippen molar-refractivity contribution in [2.45, 2.75) is 75.1 Å². The van der Waals surface area contributed by atoms with Gasteiger partial charge in [-0.3, -0.25) is 14.4 Å². The zero-order valence-electron chi connectivity index (χ0n) is 18.2. The second-order valence-corrected chi connectivity index (χ2v) is 10.2. The third-order valence-electron chi connectivity index (χ3n) is 6.92. The minimum atomic E-state index is -1.07. The first-order valence-corrected chi connectivity index (χ1v) is 11.9. The van der Waals surface area contributed by atoms with Crippen molar-refractivity contribution in [2.24, 2.45) is 17.8 Å². The number of hydrogen-bond donors (Lipinski definition) is 3. The SMILES string of the molecule is CCCCCNC(=O)C1N([C@@H](CO)C(C)C)C(=O)[C@@H]2[C@H](C(=O)NC)[C@H]3OC12CC3Br. The van der Waals surface area contributed by atoms with E-state index in [0.29, 0.717) is 13.0 Å². The Morgan fingerprint density at radius 3 is 2.60 bits per heavy atom. The molecule has 0 radical (unpaired) electrons. The Balaban J connectivity index is 2.00. The quantitative estimate of drug-likeness (QED) is 0.329. The standard InChI is InChI=1S/C21H34BrN3O5/c1-5-6-7-8-24-19(28)17-21-9-12(22)16(30-21)14(18(27)23-4)15(21)20(29)25(17)13(10-26)11(2)3/h11-17,26H,5-10H2,1-4H3,(H,23,27)(H,24,28)/t12?,13-,14-,15-,16-,17?,21?/m0/s1. The van der Waals surface area contributed by atoms with E-state index in [4.69, 9.17) is 4.74 Å². The third-order valence-corrected chi connectivity index (χ3v) is 7.76. The number of carbonyl (C=O) groups is 3. The zero-order chi connectivity index (χ0) is 22.2. The average molecular weight is 488 g/mol. The van der Waals surface area contributed by atoms with Crippen LogP contribution in [0.15, 0.2) is 0 Å². The van der Waals surface area contributed by atoms with Gasteiger partial charge in [-0.15, -0.1) is 0 Å². The Hall–Kier alpha value is -1.19. The van der Waals surface area contributed by atoms with Crippen LogP contribution >= 0.6 is 15.9 Å². The van der Waals surface area contributed by atoms with E-state index in [9.17, 15) is 19.5 Å². The normalized spacial score (nSPS) is 35.6. The molecule has 3 N–H and O–H groups in total. The summed E-state index contributed by atoms with van der Waals surface area (Å²) in [4.78, 5) is 41.2. The fourth-order valence-electron chi connectivity index (χ4n) is 5.49. The van der Waals surface area contributed by atoms with E-state index >= 15 is 0 Å². The Morgan fingerprint density at radius 1 is 1.33 bits per heavy atom. The molecule has 3 aliphatic rings. The van der Waals surface area contributed by atoms with Crippen molar-refractivity contribution < 1.29 is 24.2 Å². The fourth-order valence-corrected chi connectivity index (χ4v) is 6.44. The maximum Gasteiger partial charge on any atom is 0.245 e. The molecular weight excluding hydrogens is 454 g/mol. The van der Waals surface area contributed by atoms with Gasteiger partial charge in [-0.1, -0.05) is 49.5 Å². The molecule has 7 atom stereocenters. The number of rotatable bonds is 9. The number of carbonyl (C=O) groups excluding carboxylic acids is 3. The van der Waals surface area contributed by atoms with Crippen molar-refractivity contribution in [2.75, 3.05) is 20.2 Å². The van der Waals surface area contributed by atoms with Crippen LogP contribution in [0.3, 0.4) is 0 Å². The Morgan fingerprint density at radius 2 is 2.03 bits per heavy atom. The highest BCUT2D eigenvalue weighted by Gasteiger charge is 2.77. The van der Waals surface area contributed by atoms with Gasteiger partial charge in [-0.2, -0.15) is 0 Å². The molecule has 3 saturated heterocycles. The summed E-state index contributed by atoms with van der Waals surface area (Å²) < 4.78 is 6.36. The van der Waals surface area contributed by atoms with Gasteiger partial charge >= 0.3 is 0 Å². The summed E-state index contributed by atoms with van der Waals surface area (Å²) in [6.45, 7) is 6.20. The van der Waals surface area contributed by atoms with Gasteiger partial charge in [0.15, 0.2) is 0 Å². The molecule has 0 aromatic carbocycles. The highest BCUT2D eigenvalue weighted by atomic mass is 79.9. The number of nitrogens with one attached hydrogen (secondary N) is 2. The van der Waals surface area contributed by atoms with E-state index in [0.717, 1.165) is 19.3 Å². The Kier molecular flexibility index (Phi) is 7.14. The second kappa shape index (κ2) is 9.12. The van der Waals surface area contributed by atoms with Crippen molar-refractivity contribution in [1.29, 1.82) is 0 Å². The summed E-state index contributed by atoms with van der Waals surface area (Å²) in [6.07, 6.45) is 2.93. The molecule has 3 fully saturated rings. The summed E-state index contributed by atoms with van der Waals surface area (Å²) in [6, 6.07) is -1.39. The van der Waals surface area contributed by atoms with Gasteiger partial charge < -0.3 is 25.4 Å². The van der Waals surface area contributed by atoms with Crippen LogP contribution < -0.4 is 10.6 Å². The molecule has 0 saturated carbocycles. The topological polar surface area (TPSA) is 108 Å². The molecule has 1 spiro atoms. The number of aliphatic hydroxyl groups excluding tert-OH is 1. The molecular formula is C21H34BrN3O5. The lowest BCUT2D eigenvalue weighted by molar-refractivity contribution is -0.146. The van der Waals surface area contributed by atoms with Gasteiger partial charge in [0, 0.05) is 18.4 Å². The van der Waals surface area contributed by atoms with Crippen LogP contribution in [0.5, 0.6) is 0 Å². The largest absolute Gasteiger partial charge is 0.394 e. The monoisotopic (exact) mass is 487 g/mol. The van der Waals surface area contributed by atoms with E-state index in [-0.39, 0.29) is 35.1 Å². The number of aliphatic hydroxyl groups is 1. The number of hydrogen-bond acceptors (Lipinski definition) is 5. The van der Waals surface area contributed by atoms with Gasteiger partial charge in [0.05, 0.1) is 30.6 Å². The molecule has 3 unspecified atom stereocenters. The molecule has 8 nitrogen and oxygen atoms in total. The summed E-state index contributed by atoms with van der Waals surface area (Å²) in [5.41, 5.74) is -1.07. The minimum absolute atomic E-state index is 0.0556. The highest BCUT2D eigenvalue weighted by Crippen LogP contribution is 2.60. The highest BCUT2D eigenvalue weighted by molar-refractivity contribution is 9.09. The van der Waals surface area contributed by atoms with Crippen molar-refractivity contribution in [3.8, 4) is 0 Å². The predicted molar refractivity (Wildman–Crippen MR) is 115 cm³/mol. The smallest absolute Gasteiger partial charge is 0.245 e. The van der Waals surface area contributed by atoms with Crippen LogP contribution in [0.25, 0.3) is 0 Å². The fraction of sp³-hybridized carbons (Fsp3) is 0.857. The van der Waals surface area contributed by atoms with Gasteiger partial charge in [0.25, 0.3) is 0 Å². The predicted octanol–water partition coefficient (Wildman–Crippen LogP) is 0.804. The van der Waals surface area contributed by atoms with Crippen molar-refractivity contribution in [3.05, 3.63) is 0 Å². The minimum Gasteiger partial charge on any atom is -0.394 e. The van der Waals surface area contributed by atoms with Crippen molar-refractivity contribution >= 4 is 33.7 Å². The summed E-state index contributed by atoms with van der Waals surface area (Å²) in [7, 11) is 1.55. The average Bonchev–Trinajstić information content (AvgIpc) is 3.29. The third kappa shape index (κ3) is 3.56. The lowest BCUT2D eigenvalue weighted by Crippen LogP contribution is -2.59.